The van der Waals surface area contributed by atoms with Gasteiger partial charge in [-0.25, -0.2) is 0 Å². The number of hydrogen-bond donors (Lipinski definition) is 0. The van der Waals surface area contributed by atoms with E-state index in [0.717, 1.165) is 5.56 Å². The number of amides is 1. The molecular weight excluding hydrogens is 446 g/mol. The Bertz CT molecular complexity index is 973. The summed E-state index contributed by atoms with van der Waals surface area (Å²) in [6, 6.07) is 9.79. The quantitative estimate of drug-likeness (QED) is 0.293. The summed E-state index contributed by atoms with van der Waals surface area (Å²) < 4.78 is 6.79. The van der Waals surface area contributed by atoms with Crippen molar-refractivity contribution in [2.75, 3.05) is 49.2 Å². The van der Waals surface area contributed by atoms with E-state index in [4.69, 9.17) is 4.74 Å². The summed E-state index contributed by atoms with van der Waals surface area (Å²) in [7, 11) is 0. The summed E-state index contributed by atoms with van der Waals surface area (Å²) in [6.45, 7) is 6.33. The van der Waals surface area contributed by atoms with Crippen LogP contribution < -0.4 is 4.90 Å². The number of aromatic nitrogens is 2. The molecule has 0 radical (unpaired) electrons. The van der Waals surface area contributed by atoms with Gasteiger partial charge in [-0.15, -0.1) is 11.8 Å². The van der Waals surface area contributed by atoms with Gasteiger partial charge in [0.05, 0.1) is 24.7 Å². The second kappa shape index (κ2) is 11.7. The molecule has 178 valence electrons. The van der Waals surface area contributed by atoms with Crippen molar-refractivity contribution in [2.45, 2.75) is 26.8 Å². The van der Waals surface area contributed by atoms with Crippen LogP contribution in [0, 0.1) is 10.1 Å². The molecule has 1 aliphatic heterocycles. The largest absolute Gasteiger partial charge is 0.465 e. The fourth-order valence-electron chi connectivity index (χ4n) is 3.80. The summed E-state index contributed by atoms with van der Waals surface area (Å²) >= 11 is 1.23. The predicted octanol–water partition coefficient (Wildman–Crippen LogP) is 2.35. The van der Waals surface area contributed by atoms with Gasteiger partial charge in [0.15, 0.2) is 0 Å². The van der Waals surface area contributed by atoms with Gasteiger partial charge in [0, 0.05) is 32.6 Å². The molecule has 3 rings (SSSR count). The Kier molecular flexibility index (Phi) is 8.70. The van der Waals surface area contributed by atoms with E-state index in [2.05, 4.69) is 4.98 Å². The van der Waals surface area contributed by atoms with E-state index in [0.29, 0.717) is 57.4 Å². The SMILES string of the molecule is CCOC(=O)CSCC(=O)N1CCN(c2c([N+](=O)[O-])nc(CC)n2Cc2ccccc2)CC1. The van der Waals surface area contributed by atoms with Crippen molar-refractivity contribution in [3.63, 3.8) is 0 Å². The molecule has 0 N–H and O–H groups in total. The fourth-order valence-corrected chi connectivity index (χ4v) is 4.50. The average Bonchev–Trinajstić information content (AvgIpc) is 3.18. The third-order valence-corrected chi connectivity index (χ3v) is 6.25. The Morgan fingerprint density at radius 2 is 1.82 bits per heavy atom. The molecule has 0 aliphatic carbocycles. The van der Waals surface area contributed by atoms with Crippen LogP contribution in [0.1, 0.15) is 25.2 Å². The van der Waals surface area contributed by atoms with Gasteiger partial charge >= 0.3 is 11.8 Å². The van der Waals surface area contributed by atoms with E-state index < -0.39 is 4.92 Å². The first kappa shape index (κ1) is 24.6. The predicted molar refractivity (Wildman–Crippen MR) is 127 cm³/mol. The van der Waals surface area contributed by atoms with E-state index in [1.165, 1.54) is 11.8 Å². The highest BCUT2D eigenvalue weighted by atomic mass is 32.2. The molecule has 0 bridgehead atoms. The lowest BCUT2D eigenvalue weighted by Gasteiger charge is -2.35. The summed E-state index contributed by atoms with van der Waals surface area (Å²) in [5.74, 6) is 0.970. The van der Waals surface area contributed by atoms with Crippen LogP contribution in [0.3, 0.4) is 0 Å². The number of carbonyl (C=O) groups excluding carboxylic acids is 2. The Labute approximate surface area is 197 Å². The fraction of sp³-hybridized carbons (Fsp3) is 0.500. The number of piperazine rings is 1. The molecule has 2 heterocycles. The Morgan fingerprint density at radius 3 is 2.42 bits per heavy atom. The first-order valence-electron chi connectivity index (χ1n) is 11.0. The maximum Gasteiger partial charge on any atom is 0.406 e. The molecule has 1 aromatic carbocycles. The van der Waals surface area contributed by atoms with Gasteiger partial charge in [-0.05, 0) is 22.4 Å². The third kappa shape index (κ3) is 6.25. The molecular formula is C22H29N5O5S. The molecule has 1 amide bonds. The number of rotatable bonds is 10. The zero-order valence-corrected chi connectivity index (χ0v) is 19.8. The Hall–Kier alpha value is -3.08. The molecule has 1 aliphatic rings. The molecule has 1 aromatic heterocycles. The number of ether oxygens (including phenoxy) is 1. The number of thioether (sulfide) groups is 1. The number of nitrogens with zero attached hydrogens (tertiary/aromatic N) is 5. The van der Waals surface area contributed by atoms with Crippen LogP contribution in [-0.4, -0.2) is 75.5 Å². The van der Waals surface area contributed by atoms with E-state index in [1.807, 2.05) is 46.7 Å². The lowest BCUT2D eigenvalue weighted by molar-refractivity contribution is -0.388. The highest BCUT2D eigenvalue weighted by Crippen LogP contribution is 2.31. The number of anilines is 1. The van der Waals surface area contributed by atoms with Crippen molar-refractivity contribution in [2.24, 2.45) is 0 Å². The number of nitro groups is 1. The van der Waals surface area contributed by atoms with Gasteiger partial charge < -0.3 is 24.7 Å². The van der Waals surface area contributed by atoms with Gasteiger partial charge in [0.1, 0.15) is 0 Å². The number of benzene rings is 1. The number of aryl methyl sites for hydroxylation is 1. The molecule has 11 heteroatoms. The molecule has 2 aromatic rings. The van der Waals surface area contributed by atoms with Crippen LogP contribution in [0.25, 0.3) is 0 Å². The smallest absolute Gasteiger partial charge is 0.406 e. The molecule has 10 nitrogen and oxygen atoms in total. The summed E-state index contributed by atoms with van der Waals surface area (Å²) in [5, 5.41) is 11.8. The maximum atomic E-state index is 12.5. The van der Waals surface area contributed by atoms with Crippen LogP contribution in [0.15, 0.2) is 30.3 Å². The Balaban J connectivity index is 1.70. The van der Waals surface area contributed by atoms with E-state index in [9.17, 15) is 19.7 Å². The van der Waals surface area contributed by atoms with Crippen molar-refractivity contribution in [3.8, 4) is 0 Å². The minimum absolute atomic E-state index is 0.0505. The average molecular weight is 476 g/mol. The summed E-state index contributed by atoms with van der Waals surface area (Å²) in [6.07, 6.45) is 0.573. The van der Waals surface area contributed by atoms with Crippen molar-refractivity contribution in [1.29, 1.82) is 0 Å². The minimum atomic E-state index is -0.431. The van der Waals surface area contributed by atoms with Crippen molar-refractivity contribution in [3.05, 3.63) is 51.8 Å². The van der Waals surface area contributed by atoms with Gasteiger partial charge in [-0.3, -0.25) is 14.2 Å². The number of imidazole rings is 1. The van der Waals surface area contributed by atoms with E-state index in [1.54, 1.807) is 11.8 Å². The zero-order chi connectivity index (χ0) is 23.8. The van der Waals surface area contributed by atoms with Crippen molar-refractivity contribution < 1.29 is 19.2 Å². The standard InChI is InChI=1S/C22H29N5O5S/c1-3-18-23-21(27(30)31)22(26(18)14-17-8-6-5-7-9-17)25-12-10-24(11-13-25)19(28)15-33-16-20(29)32-4-2/h5-9H,3-4,10-16H2,1-2H3. The van der Waals surface area contributed by atoms with Crippen LogP contribution in [-0.2, 0) is 27.3 Å². The lowest BCUT2D eigenvalue weighted by Crippen LogP contribution is -2.50. The number of esters is 1. The highest BCUT2D eigenvalue weighted by molar-refractivity contribution is 8.00. The first-order chi connectivity index (χ1) is 15.9. The van der Waals surface area contributed by atoms with Crippen LogP contribution in [0.4, 0.5) is 11.6 Å². The van der Waals surface area contributed by atoms with E-state index >= 15 is 0 Å². The third-order valence-electron chi connectivity index (χ3n) is 5.36. The normalized spacial score (nSPS) is 13.8. The van der Waals surface area contributed by atoms with E-state index in [-0.39, 0.29) is 29.2 Å². The topological polar surface area (TPSA) is 111 Å². The monoisotopic (exact) mass is 475 g/mol. The van der Waals surface area contributed by atoms with Crippen LogP contribution in [0.5, 0.6) is 0 Å². The molecule has 0 unspecified atom stereocenters. The molecule has 0 saturated carbocycles. The Morgan fingerprint density at radius 1 is 1.12 bits per heavy atom. The van der Waals surface area contributed by atoms with Gasteiger partial charge in [-0.1, -0.05) is 37.3 Å². The summed E-state index contributed by atoms with van der Waals surface area (Å²) in [4.78, 5) is 43.3. The molecule has 33 heavy (non-hydrogen) atoms. The van der Waals surface area contributed by atoms with Gasteiger partial charge in [0.25, 0.3) is 0 Å². The molecule has 1 saturated heterocycles. The lowest BCUT2D eigenvalue weighted by atomic mass is 10.2. The second-order valence-corrected chi connectivity index (χ2v) is 8.51. The first-order valence-corrected chi connectivity index (χ1v) is 12.1. The zero-order valence-electron chi connectivity index (χ0n) is 18.9. The van der Waals surface area contributed by atoms with Crippen LogP contribution in [0.2, 0.25) is 0 Å². The van der Waals surface area contributed by atoms with Gasteiger partial charge in [0.2, 0.25) is 17.5 Å². The van der Waals surface area contributed by atoms with Crippen molar-refractivity contribution >= 4 is 35.3 Å². The molecule has 0 atom stereocenters. The minimum Gasteiger partial charge on any atom is -0.465 e. The molecule has 1 fully saturated rings. The number of hydrogen-bond acceptors (Lipinski definition) is 8. The highest BCUT2D eigenvalue weighted by Gasteiger charge is 2.33. The second-order valence-electron chi connectivity index (χ2n) is 7.52. The summed E-state index contributed by atoms with van der Waals surface area (Å²) in [5.41, 5.74) is 1.04. The van der Waals surface area contributed by atoms with Gasteiger partial charge in [-0.2, -0.15) is 0 Å². The maximum absolute atomic E-state index is 12.5. The molecule has 0 spiro atoms. The van der Waals surface area contributed by atoms with Crippen LogP contribution >= 0.6 is 11.8 Å². The van der Waals surface area contributed by atoms with Crippen molar-refractivity contribution in [1.82, 2.24) is 14.5 Å². The number of carbonyl (C=O) groups is 2.